The summed E-state index contributed by atoms with van der Waals surface area (Å²) in [6.07, 6.45) is -3.97. The Hall–Kier alpha value is -2.77. The fourth-order valence-corrected chi connectivity index (χ4v) is 25.2. The van der Waals surface area contributed by atoms with Crippen molar-refractivity contribution in [1.82, 2.24) is 40.4 Å². The van der Waals surface area contributed by atoms with Gasteiger partial charge >= 0.3 is 0 Å². The maximum atomic E-state index is 14.4. The van der Waals surface area contributed by atoms with Crippen LogP contribution in [0.3, 0.4) is 0 Å². The average Bonchev–Trinajstić information content (AvgIpc) is 0.903. The number of aromatic nitrogens is 4. The van der Waals surface area contributed by atoms with Crippen LogP contribution in [0.5, 0.6) is 0 Å². The van der Waals surface area contributed by atoms with Crippen LogP contribution >= 0.6 is 0 Å². The Bertz CT molecular complexity index is 4210. The second-order valence-electron chi connectivity index (χ2n) is 53.4. The molecule has 6 unspecified atom stereocenters. The van der Waals surface area contributed by atoms with Crippen LogP contribution in [0.15, 0.2) is 60.7 Å². The number of likely N-dealkylation sites (N-methyl/N-ethyl adjacent to an activating group) is 2. The van der Waals surface area contributed by atoms with E-state index in [4.69, 9.17) is 54.2 Å². The fourth-order valence-electron chi connectivity index (χ4n) is 12.6. The number of amides is 2. The summed E-state index contributed by atoms with van der Waals surface area (Å²) in [4.78, 5) is 50.4. The molecule has 2 heterocycles. The van der Waals surface area contributed by atoms with E-state index in [2.05, 4.69) is 383 Å². The molecule has 2 amide bonds. The summed E-state index contributed by atoms with van der Waals surface area (Å²) in [7, 11) is -20.9. The van der Waals surface area contributed by atoms with Gasteiger partial charge in [0.25, 0.3) is 11.8 Å². The molecule has 0 saturated heterocycles. The Kier molecular flexibility index (Phi) is 38.0. The molecule has 0 aliphatic heterocycles. The van der Waals surface area contributed by atoms with Crippen LogP contribution in [0.1, 0.15) is 228 Å². The van der Waals surface area contributed by atoms with Crippen molar-refractivity contribution < 1.29 is 53.8 Å². The smallest absolute Gasteiger partial charge is 0.251 e. The largest absolute Gasteiger partial charge is 0.414 e. The number of rotatable bonds is 42. The van der Waals surface area contributed by atoms with Crippen LogP contribution in [0.25, 0.3) is 44.8 Å². The number of fused-ring (bicyclic) bond motifs is 2. The zero-order valence-electron chi connectivity index (χ0n) is 92.7. The third-order valence-corrected chi connectivity index (χ3v) is 77.3. The van der Waals surface area contributed by atoms with Crippen molar-refractivity contribution in [3.63, 3.8) is 0 Å². The summed E-state index contributed by atoms with van der Waals surface area (Å²) in [5.41, 5.74) is 5.80. The first-order valence-corrected chi connectivity index (χ1v) is 77.7. The van der Waals surface area contributed by atoms with Crippen molar-refractivity contribution in [1.29, 1.82) is 0 Å². The van der Waals surface area contributed by atoms with Gasteiger partial charge < -0.3 is 74.7 Å². The first-order chi connectivity index (χ1) is 57.9. The molecule has 746 valence electrons. The summed E-state index contributed by atoms with van der Waals surface area (Å²) >= 11 is 0. The number of hydrogen-bond acceptors (Lipinski definition) is 16. The number of hydrogen-bond donors (Lipinski definition) is 4. The molecule has 30 heteroatoms. The van der Waals surface area contributed by atoms with Gasteiger partial charge in [0.1, 0.15) is 11.6 Å². The molecule has 4 N–H and O–H groups in total. The van der Waals surface area contributed by atoms with Crippen molar-refractivity contribution in [2.75, 3.05) is 66.6 Å². The second-order valence-corrected chi connectivity index (χ2v) is 101. The summed E-state index contributed by atoms with van der Waals surface area (Å²) in [6.45, 7) is 120. The molecule has 0 fully saturated rings. The Balaban J connectivity index is 1.43. The SMILES string of the molecule is CN(CCNC(=O)c1ccc2nc(-c3ccc(-c4nc5ccc(C(=O)NCCN(C)C[C@H](O[Si](C)(C)C(C)(C)C)C(O[Si](C)(C)C(C)(C)C)C(O[Si](C)(C)C(C)(C)C)[C@@H](CO[Si](C)(C)C(C)(C)C)O[Si](C)(C)C(C)(C)C)cc5[nH]4)cc3)[nH]c2c1)CC(O[Si](C)(C)C(C)(C)C)C(O[Si](C)(C)C(C)(C)C)C(O[Si](C)(C)C(C)(C)C)C(CO[Si](C)(C)C(C)(C)C)O[Si](C)(C)C(C)(C)C. The minimum Gasteiger partial charge on any atom is -0.414 e. The fraction of sp³-hybridized carbons (Fsp3) is 0.780. The second kappa shape index (κ2) is 42.0. The minimum absolute atomic E-state index is 0.0327. The minimum atomic E-state index is -2.61. The summed E-state index contributed by atoms with van der Waals surface area (Å²) in [5, 5.41) is 5.49. The van der Waals surface area contributed by atoms with E-state index in [1.807, 2.05) is 60.7 Å². The van der Waals surface area contributed by atoms with E-state index < -0.39 is 132 Å². The standard InChI is InChI=1S/C100H194N8O12Si10/c1-91(2,3)121(33,34)111-69-81(115-125(41,42)95(13,14)15)85(119-129(49,50)99(25,26)27)83(117-127(45,46)97(19,20)21)79(113-123(37,38)93(7,8)9)67-107(31)63-61-101-89(109)73-57-59-75-77(65-73)105-87(103-75)71-53-55-72(56-54-71)88-104-76-60-58-74(66-78(76)106-88)90(110)102-62-64-108(32)68-80(114-124(39,40)94(10,11)12)84(118-128(47,48)98(22,23)24)86(120-130(51,52)100(28,29)30)82(116-126(43,44)96(16,17)18)70-112-122(35,36)92(4,5)6/h53-60,65-66,79-86H,61-64,67-70H2,1-52H3,(H,101,109)(H,102,110)(H,103,105)(H,104,106)/t79-,80?,81+,82?,83?,84?,85?,86?/m0/s1. The van der Waals surface area contributed by atoms with Crippen LogP contribution in [-0.4, -0.2) is 240 Å². The molecular weight excluding hydrogens is 1790 g/mol. The molecule has 5 rings (SSSR count). The number of imidazole rings is 2. The van der Waals surface area contributed by atoms with Crippen molar-refractivity contribution >= 4 is 117 Å². The molecule has 0 spiro atoms. The van der Waals surface area contributed by atoms with Crippen LogP contribution < -0.4 is 10.6 Å². The molecule has 0 bridgehead atoms. The van der Waals surface area contributed by atoms with Gasteiger partial charge in [-0.05, 0) is 232 Å². The Morgan fingerprint density at radius 1 is 0.308 bits per heavy atom. The van der Waals surface area contributed by atoms with E-state index >= 15 is 0 Å². The van der Waals surface area contributed by atoms with Gasteiger partial charge in [-0.15, -0.1) is 0 Å². The van der Waals surface area contributed by atoms with E-state index in [1.54, 1.807) is 0 Å². The lowest BCUT2D eigenvalue weighted by Crippen LogP contribution is -2.64. The van der Waals surface area contributed by atoms with Gasteiger partial charge in [0.05, 0.1) is 84.1 Å². The highest BCUT2D eigenvalue weighted by molar-refractivity contribution is 6.78. The van der Waals surface area contributed by atoms with Crippen molar-refractivity contribution in [3.05, 3.63) is 71.8 Å². The third-order valence-electron chi connectivity index (χ3n) is 32.4. The number of H-pyrrole nitrogens is 2. The van der Waals surface area contributed by atoms with Crippen LogP contribution in [0.4, 0.5) is 0 Å². The van der Waals surface area contributed by atoms with E-state index in [0.717, 1.165) is 33.2 Å². The van der Waals surface area contributed by atoms with Crippen LogP contribution in [0, 0.1) is 0 Å². The summed E-state index contributed by atoms with van der Waals surface area (Å²) in [5.74, 6) is 0.997. The molecule has 130 heavy (non-hydrogen) atoms. The van der Waals surface area contributed by atoms with Gasteiger partial charge in [-0.2, -0.15) is 0 Å². The highest BCUT2D eigenvalue weighted by Gasteiger charge is 2.58. The van der Waals surface area contributed by atoms with Crippen molar-refractivity contribution in [2.45, 2.75) is 438 Å². The van der Waals surface area contributed by atoms with Crippen molar-refractivity contribution in [2.24, 2.45) is 0 Å². The topological polar surface area (TPSA) is 214 Å². The zero-order chi connectivity index (χ0) is 101. The van der Waals surface area contributed by atoms with Gasteiger partial charge in [0.2, 0.25) is 0 Å². The Morgan fingerprint density at radius 2 is 0.515 bits per heavy atom. The van der Waals surface area contributed by atoms with E-state index in [9.17, 15) is 9.59 Å². The average molecular weight is 1980 g/mol. The number of benzene rings is 3. The van der Waals surface area contributed by atoms with E-state index in [0.29, 0.717) is 75.3 Å². The normalized spacial score (nSPS) is 16.7. The molecule has 20 nitrogen and oxygen atoms in total. The Labute approximate surface area is 804 Å². The van der Waals surface area contributed by atoms with Gasteiger partial charge in [0.15, 0.2) is 83.2 Å². The Morgan fingerprint density at radius 3 is 0.738 bits per heavy atom. The first kappa shape index (κ1) is 118. The van der Waals surface area contributed by atoms with E-state index in [1.165, 1.54) is 0 Å². The lowest BCUT2D eigenvalue weighted by atomic mass is 10.0. The molecule has 0 aliphatic rings. The molecule has 0 saturated carbocycles. The molecule has 8 atom stereocenters. The van der Waals surface area contributed by atoms with Gasteiger partial charge in [0, 0.05) is 61.5 Å². The number of nitrogens with zero attached hydrogens (tertiary/aromatic N) is 4. The molecule has 5 aromatic rings. The van der Waals surface area contributed by atoms with Crippen LogP contribution in [0.2, 0.25) is 181 Å². The van der Waals surface area contributed by atoms with Gasteiger partial charge in [-0.25, -0.2) is 9.97 Å². The quantitative estimate of drug-likeness (QED) is 0.0267. The number of carbonyl (C=O) groups excluding carboxylic acids is 2. The predicted molar refractivity (Wildman–Crippen MR) is 579 cm³/mol. The summed E-state index contributed by atoms with van der Waals surface area (Å²) < 4.78 is 78.0. The highest BCUT2D eigenvalue weighted by atomic mass is 28.4. The predicted octanol–water partition coefficient (Wildman–Crippen LogP) is 27.3. The zero-order valence-corrected chi connectivity index (χ0v) is 103. The lowest BCUT2D eigenvalue weighted by Gasteiger charge is -2.52. The van der Waals surface area contributed by atoms with Gasteiger partial charge in [-0.3, -0.25) is 9.59 Å². The first-order valence-electron chi connectivity index (χ1n) is 48.6. The van der Waals surface area contributed by atoms with Crippen molar-refractivity contribution in [3.8, 4) is 22.8 Å². The maximum absolute atomic E-state index is 14.4. The highest BCUT2D eigenvalue weighted by Crippen LogP contribution is 2.51. The maximum Gasteiger partial charge on any atom is 0.251 e. The molecular formula is C100H194N8O12Si10. The molecule has 3 aromatic carbocycles. The lowest BCUT2D eigenvalue weighted by molar-refractivity contribution is -0.0975. The van der Waals surface area contributed by atoms with Gasteiger partial charge in [-0.1, -0.05) is 232 Å². The monoisotopic (exact) mass is 1980 g/mol. The summed E-state index contributed by atoms with van der Waals surface area (Å²) in [6, 6.07) is 19.4. The van der Waals surface area contributed by atoms with E-state index in [-0.39, 0.29) is 62.2 Å². The molecule has 0 radical (unpaired) electrons. The third kappa shape index (κ3) is 30.6. The number of nitrogens with one attached hydrogen (secondary N) is 4. The van der Waals surface area contributed by atoms with Crippen LogP contribution in [-0.2, 0) is 44.3 Å². The molecule has 2 aromatic heterocycles. The molecule has 0 aliphatic carbocycles. The number of carbonyl (C=O) groups is 2. The number of aromatic amines is 2.